The molecule has 0 aliphatic rings. The van der Waals surface area contributed by atoms with Crippen LogP contribution in [-0.2, 0) is 16.6 Å². The molecule has 2 aromatic carbocycles. The second-order valence-electron chi connectivity index (χ2n) is 6.46. The smallest absolute Gasteiger partial charge is 0.254 e. The van der Waals surface area contributed by atoms with Crippen LogP contribution in [0.5, 0.6) is 0 Å². The standard InChI is InChI=1S/C19H19ClN4O4S/c1-23(12-17-21-18(22-28-17)13-7-9-15(20)10-8-13)19(25)14-5-4-6-16(11-14)24(2)29(3,26)27/h4-11H,12H2,1-3H3. The van der Waals surface area contributed by atoms with Crippen molar-refractivity contribution in [2.45, 2.75) is 6.54 Å². The quantitative estimate of drug-likeness (QED) is 0.591. The van der Waals surface area contributed by atoms with E-state index in [9.17, 15) is 13.2 Å². The van der Waals surface area contributed by atoms with Gasteiger partial charge in [-0.05, 0) is 42.5 Å². The maximum Gasteiger partial charge on any atom is 0.254 e. The van der Waals surface area contributed by atoms with E-state index in [0.29, 0.717) is 22.1 Å². The third-order valence-electron chi connectivity index (χ3n) is 4.24. The van der Waals surface area contributed by atoms with Gasteiger partial charge in [0.1, 0.15) is 0 Å². The molecule has 8 nitrogen and oxygen atoms in total. The van der Waals surface area contributed by atoms with Crippen LogP contribution in [0.2, 0.25) is 5.02 Å². The third kappa shape index (κ3) is 4.93. The van der Waals surface area contributed by atoms with Crippen molar-refractivity contribution < 1.29 is 17.7 Å². The average molecular weight is 435 g/mol. The summed E-state index contributed by atoms with van der Waals surface area (Å²) in [7, 11) is -0.398. The minimum Gasteiger partial charge on any atom is -0.337 e. The zero-order valence-electron chi connectivity index (χ0n) is 16.0. The first-order valence-electron chi connectivity index (χ1n) is 8.53. The van der Waals surface area contributed by atoms with Gasteiger partial charge in [0.2, 0.25) is 21.7 Å². The van der Waals surface area contributed by atoms with E-state index in [0.717, 1.165) is 16.1 Å². The summed E-state index contributed by atoms with van der Waals surface area (Å²) in [5, 5.41) is 4.53. The molecular formula is C19H19ClN4O4S. The van der Waals surface area contributed by atoms with Crippen molar-refractivity contribution >= 4 is 33.2 Å². The summed E-state index contributed by atoms with van der Waals surface area (Å²) in [6.45, 7) is 0.103. The molecule has 0 N–H and O–H groups in total. The number of anilines is 1. The zero-order valence-corrected chi connectivity index (χ0v) is 17.6. The number of sulfonamides is 1. The average Bonchev–Trinajstić information content (AvgIpc) is 3.15. The lowest BCUT2D eigenvalue weighted by atomic mass is 10.2. The minimum absolute atomic E-state index is 0.103. The fourth-order valence-corrected chi connectivity index (χ4v) is 3.18. The molecule has 29 heavy (non-hydrogen) atoms. The van der Waals surface area contributed by atoms with Crippen molar-refractivity contribution in [1.82, 2.24) is 15.0 Å². The van der Waals surface area contributed by atoms with E-state index < -0.39 is 10.0 Å². The third-order valence-corrected chi connectivity index (χ3v) is 5.70. The number of benzene rings is 2. The molecule has 0 radical (unpaired) electrons. The van der Waals surface area contributed by atoms with Gasteiger partial charge in [-0.3, -0.25) is 9.10 Å². The predicted molar refractivity (Wildman–Crippen MR) is 110 cm³/mol. The highest BCUT2D eigenvalue weighted by atomic mass is 35.5. The zero-order chi connectivity index (χ0) is 21.2. The number of carbonyl (C=O) groups excluding carboxylic acids is 1. The van der Waals surface area contributed by atoms with Crippen molar-refractivity contribution in [3.05, 3.63) is 65.0 Å². The first-order chi connectivity index (χ1) is 13.6. The van der Waals surface area contributed by atoms with E-state index in [1.807, 2.05) is 0 Å². The number of nitrogens with zero attached hydrogens (tertiary/aromatic N) is 4. The van der Waals surface area contributed by atoms with E-state index in [-0.39, 0.29) is 18.3 Å². The van der Waals surface area contributed by atoms with Gasteiger partial charge in [-0.2, -0.15) is 4.98 Å². The molecule has 1 amide bonds. The van der Waals surface area contributed by atoms with Crippen LogP contribution in [0.15, 0.2) is 53.1 Å². The number of amides is 1. The van der Waals surface area contributed by atoms with Crippen LogP contribution in [-0.4, -0.2) is 49.7 Å². The molecule has 0 saturated carbocycles. The molecule has 0 unspecified atom stereocenters. The Morgan fingerprint density at radius 3 is 2.48 bits per heavy atom. The van der Waals surface area contributed by atoms with E-state index >= 15 is 0 Å². The summed E-state index contributed by atoms with van der Waals surface area (Å²) in [5.74, 6) is 0.365. The van der Waals surface area contributed by atoms with Gasteiger partial charge in [-0.25, -0.2) is 8.42 Å². The number of aromatic nitrogens is 2. The highest BCUT2D eigenvalue weighted by molar-refractivity contribution is 7.92. The minimum atomic E-state index is -3.43. The second-order valence-corrected chi connectivity index (χ2v) is 8.91. The van der Waals surface area contributed by atoms with Crippen molar-refractivity contribution in [3.63, 3.8) is 0 Å². The largest absolute Gasteiger partial charge is 0.337 e. The Kier molecular flexibility index (Phi) is 5.90. The number of hydrogen-bond acceptors (Lipinski definition) is 6. The van der Waals surface area contributed by atoms with Gasteiger partial charge in [-0.15, -0.1) is 0 Å². The van der Waals surface area contributed by atoms with Gasteiger partial charge in [0.05, 0.1) is 18.5 Å². The maximum atomic E-state index is 12.7. The first-order valence-corrected chi connectivity index (χ1v) is 10.8. The molecule has 152 valence electrons. The highest BCUT2D eigenvalue weighted by Crippen LogP contribution is 2.21. The van der Waals surface area contributed by atoms with Crippen molar-refractivity contribution in [2.24, 2.45) is 0 Å². The molecule has 10 heteroatoms. The van der Waals surface area contributed by atoms with Crippen LogP contribution in [0.4, 0.5) is 5.69 Å². The summed E-state index contributed by atoms with van der Waals surface area (Å²) >= 11 is 5.88. The summed E-state index contributed by atoms with van der Waals surface area (Å²) in [6.07, 6.45) is 1.10. The molecule has 0 saturated heterocycles. The molecular weight excluding hydrogens is 416 g/mol. The Morgan fingerprint density at radius 1 is 1.14 bits per heavy atom. The Labute approximate surface area is 173 Å². The first kappa shape index (κ1) is 20.8. The van der Waals surface area contributed by atoms with Crippen molar-refractivity contribution in [1.29, 1.82) is 0 Å². The van der Waals surface area contributed by atoms with E-state index in [2.05, 4.69) is 10.1 Å². The topological polar surface area (TPSA) is 96.6 Å². The Bertz CT molecular complexity index is 1130. The van der Waals surface area contributed by atoms with E-state index in [1.165, 1.54) is 18.0 Å². The van der Waals surface area contributed by atoms with Gasteiger partial charge in [-0.1, -0.05) is 22.8 Å². The lowest BCUT2D eigenvalue weighted by Crippen LogP contribution is -2.28. The van der Waals surface area contributed by atoms with Gasteiger partial charge >= 0.3 is 0 Å². The monoisotopic (exact) mass is 434 g/mol. The molecule has 0 aliphatic heterocycles. The number of rotatable bonds is 6. The van der Waals surface area contributed by atoms with Crippen LogP contribution in [0.25, 0.3) is 11.4 Å². The lowest BCUT2D eigenvalue weighted by molar-refractivity contribution is 0.0769. The number of carbonyl (C=O) groups is 1. The second kappa shape index (κ2) is 8.22. The molecule has 0 bridgehead atoms. The fraction of sp³-hybridized carbons (Fsp3) is 0.211. The number of hydrogen-bond donors (Lipinski definition) is 0. The highest BCUT2D eigenvalue weighted by Gasteiger charge is 2.18. The molecule has 1 aromatic heterocycles. The molecule has 0 aliphatic carbocycles. The molecule has 1 heterocycles. The van der Waals surface area contributed by atoms with Gasteiger partial charge in [0, 0.05) is 30.2 Å². The Balaban J connectivity index is 1.74. The van der Waals surface area contributed by atoms with E-state index in [1.54, 1.807) is 49.5 Å². The van der Waals surface area contributed by atoms with Crippen LogP contribution < -0.4 is 4.31 Å². The molecule has 3 rings (SSSR count). The van der Waals surface area contributed by atoms with Crippen LogP contribution in [0, 0.1) is 0 Å². The summed E-state index contributed by atoms with van der Waals surface area (Å²) in [4.78, 5) is 18.5. The molecule has 0 fully saturated rings. The van der Waals surface area contributed by atoms with Gasteiger partial charge in [0.15, 0.2) is 0 Å². The van der Waals surface area contributed by atoms with Crippen LogP contribution in [0.1, 0.15) is 16.2 Å². The van der Waals surface area contributed by atoms with E-state index in [4.69, 9.17) is 16.1 Å². The van der Waals surface area contributed by atoms with Crippen LogP contribution in [0.3, 0.4) is 0 Å². The number of halogens is 1. The van der Waals surface area contributed by atoms with Gasteiger partial charge in [0.25, 0.3) is 5.91 Å². The Morgan fingerprint density at radius 2 is 1.83 bits per heavy atom. The van der Waals surface area contributed by atoms with Crippen LogP contribution >= 0.6 is 11.6 Å². The molecule has 0 spiro atoms. The molecule has 0 atom stereocenters. The SMILES string of the molecule is CN(Cc1nc(-c2ccc(Cl)cc2)no1)C(=O)c1cccc(N(C)S(C)(=O)=O)c1. The predicted octanol–water partition coefficient (Wildman–Crippen LogP) is 3.06. The van der Waals surface area contributed by atoms with Crippen molar-refractivity contribution in [3.8, 4) is 11.4 Å². The lowest BCUT2D eigenvalue weighted by Gasteiger charge is -2.19. The summed E-state index contributed by atoms with van der Waals surface area (Å²) in [5.41, 5.74) is 1.49. The molecule has 3 aromatic rings. The normalized spacial score (nSPS) is 11.3. The van der Waals surface area contributed by atoms with Gasteiger partial charge < -0.3 is 9.42 Å². The summed E-state index contributed by atoms with van der Waals surface area (Å²) < 4.78 is 29.8. The fourth-order valence-electron chi connectivity index (χ4n) is 2.56. The summed E-state index contributed by atoms with van der Waals surface area (Å²) in [6, 6.07) is 13.4. The Hall–Kier alpha value is -2.91. The van der Waals surface area contributed by atoms with Crippen molar-refractivity contribution in [2.75, 3.05) is 24.7 Å². The maximum absolute atomic E-state index is 12.7.